The number of primary amides is 1. The number of nitrogens with one attached hydrogen (secondary N) is 1. The van der Waals surface area contributed by atoms with E-state index in [0.717, 1.165) is 42.9 Å². The Morgan fingerprint density at radius 2 is 1.88 bits per heavy atom. The number of nitrogens with two attached hydrogens (primary N) is 1. The monoisotopic (exact) mass is 339 g/mol. The molecule has 5 heteroatoms. The van der Waals surface area contributed by atoms with E-state index < -0.39 is 0 Å². The van der Waals surface area contributed by atoms with E-state index in [9.17, 15) is 4.79 Å². The zero-order valence-electron chi connectivity index (χ0n) is 14.5. The van der Waals surface area contributed by atoms with Crippen LogP contribution in [0.2, 0.25) is 0 Å². The highest BCUT2D eigenvalue weighted by atomic mass is 16.5. The maximum atomic E-state index is 12.0. The molecule has 132 valence electrons. The number of piperidine rings is 1. The van der Waals surface area contributed by atoms with Crippen LogP contribution >= 0.6 is 0 Å². The number of hydrogen-bond acceptors (Lipinski definition) is 4. The summed E-state index contributed by atoms with van der Waals surface area (Å²) in [6.45, 7) is 1.67. The molecule has 0 bridgehead atoms. The van der Waals surface area contributed by atoms with E-state index in [1.807, 2.05) is 54.6 Å². The summed E-state index contributed by atoms with van der Waals surface area (Å²) in [7, 11) is 1.67. The van der Waals surface area contributed by atoms with Gasteiger partial charge in [-0.2, -0.15) is 0 Å². The van der Waals surface area contributed by atoms with Gasteiger partial charge >= 0.3 is 0 Å². The topological polar surface area (TPSA) is 67.6 Å². The number of ether oxygens (including phenoxy) is 1. The van der Waals surface area contributed by atoms with Gasteiger partial charge in [-0.25, -0.2) is 0 Å². The molecule has 1 aliphatic rings. The Morgan fingerprint density at radius 3 is 2.52 bits per heavy atom. The molecule has 1 atom stereocenters. The highest BCUT2D eigenvalue weighted by molar-refractivity contribution is 5.81. The number of methoxy groups -OCH3 is 1. The zero-order chi connectivity index (χ0) is 17.6. The Labute approximate surface area is 148 Å². The van der Waals surface area contributed by atoms with Crippen molar-refractivity contribution in [3.8, 4) is 5.75 Å². The first-order valence-electron chi connectivity index (χ1n) is 8.66. The number of carbonyl (C=O) groups excluding carboxylic acids is 1. The molecule has 3 N–H and O–H groups in total. The van der Waals surface area contributed by atoms with Crippen LogP contribution in [0, 0.1) is 0 Å². The molecule has 5 nitrogen and oxygen atoms in total. The number of nitrogens with zero attached hydrogens (tertiary/aromatic N) is 1. The molecule has 1 amide bonds. The van der Waals surface area contributed by atoms with Crippen molar-refractivity contribution in [2.24, 2.45) is 5.73 Å². The largest absolute Gasteiger partial charge is 0.497 e. The normalized spacial score (nSPS) is 17.0. The van der Waals surface area contributed by atoms with Crippen LogP contribution in [0.5, 0.6) is 5.75 Å². The summed E-state index contributed by atoms with van der Waals surface area (Å²) in [6.07, 6.45) is 1.93. The number of likely N-dealkylation sites (tertiary alicyclic amines) is 1. The Morgan fingerprint density at radius 1 is 1.16 bits per heavy atom. The molecule has 2 aromatic carbocycles. The van der Waals surface area contributed by atoms with Crippen LogP contribution in [0.4, 0.5) is 5.69 Å². The molecule has 0 spiro atoms. The Kier molecular flexibility index (Phi) is 5.56. The van der Waals surface area contributed by atoms with Gasteiger partial charge in [0, 0.05) is 30.9 Å². The summed E-state index contributed by atoms with van der Waals surface area (Å²) in [5.74, 6) is 0.561. The molecule has 1 aliphatic heterocycles. The lowest BCUT2D eigenvalue weighted by Gasteiger charge is -2.37. The average Bonchev–Trinajstić information content (AvgIpc) is 2.64. The van der Waals surface area contributed by atoms with Gasteiger partial charge in [-0.05, 0) is 30.5 Å². The van der Waals surface area contributed by atoms with E-state index >= 15 is 0 Å². The van der Waals surface area contributed by atoms with Gasteiger partial charge in [0.15, 0.2) is 0 Å². The van der Waals surface area contributed by atoms with Crippen molar-refractivity contribution in [2.75, 3.05) is 25.5 Å². The lowest BCUT2D eigenvalue weighted by atomic mass is 9.98. The maximum Gasteiger partial charge on any atom is 0.239 e. The van der Waals surface area contributed by atoms with Crippen LogP contribution in [-0.4, -0.2) is 37.0 Å². The zero-order valence-corrected chi connectivity index (χ0v) is 14.5. The van der Waals surface area contributed by atoms with Gasteiger partial charge in [0.1, 0.15) is 11.8 Å². The molecule has 2 aromatic rings. The molecule has 0 radical (unpaired) electrons. The maximum absolute atomic E-state index is 12.0. The van der Waals surface area contributed by atoms with Crippen LogP contribution in [-0.2, 0) is 4.79 Å². The molecule has 0 aromatic heterocycles. The Balaban J connectivity index is 1.61. The van der Waals surface area contributed by atoms with Crippen molar-refractivity contribution in [2.45, 2.75) is 24.9 Å². The Bertz CT molecular complexity index is 697. The predicted molar refractivity (Wildman–Crippen MR) is 99.6 cm³/mol. The second kappa shape index (κ2) is 8.03. The third-order valence-electron chi connectivity index (χ3n) is 4.72. The summed E-state index contributed by atoms with van der Waals surface area (Å²) in [6, 6.07) is 17.8. The van der Waals surface area contributed by atoms with Crippen molar-refractivity contribution >= 4 is 11.6 Å². The molecule has 0 aliphatic carbocycles. The molecular weight excluding hydrogens is 314 g/mol. The highest BCUT2D eigenvalue weighted by Gasteiger charge is 2.29. The van der Waals surface area contributed by atoms with Crippen molar-refractivity contribution in [1.82, 2.24) is 4.90 Å². The van der Waals surface area contributed by atoms with E-state index in [0.29, 0.717) is 6.04 Å². The predicted octanol–water partition coefficient (Wildman–Crippen LogP) is 2.80. The van der Waals surface area contributed by atoms with Crippen molar-refractivity contribution < 1.29 is 9.53 Å². The minimum absolute atomic E-state index is 0.287. The van der Waals surface area contributed by atoms with Crippen LogP contribution in [0.1, 0.15) is 24.4 Å². The number of amides is 1. The number of hydrogen-bond donors (Lipinski definition) is 2. The van der Waals surface area contributed by atoms with Gasteiger partial charge in [-0.15, -0.1) is 0 Å². The van der Waals surface area contributed by atoms with Crippen molar-refractivity contribution in [3.05, 3.63) is 60.2 Å². The summed E-state index contributed by atoms with van der Waals surface area (Å²) in [4.78, 5) is 14.2. The van der Waals surface area contributed by atoms with E-state index in [-0.39, 0.29) is 11.9 Å². The molecule has 3 rings (SSSR count). The van der Waals surface area contributed by atoms with Crippen molar-refractivity contribution in [1.29, 1.82) is 0 Å². The van der Waals surface area contributed by atoms with Gasteiger partial charge in [-0.3, -0.25) is 9.69 Å². The minimum atomic E-state index is -0.348. The molecule has 0 unspecified atom stereocenters. The summed E-state index contributed by atoms with van der Waals surface area (Å²) >= 11 is 0. The number of rotatable bonds is 6. The molecule has 1 heterocycles. The van der Waals surface area contributed by atoms with Gasteiger partial charge < -0.3 is 15.8 Å². The molecular formula is C20H25N3O2. The minimum Gasteiger partial charge on any atom is -0.497 e. The first-order chi connectivity index (χ1) is 12.2. The van der Waals surface area contributed by atoms with Crippen LogP contribution in [0.25, 0.3) is 0 Å². The quantitative estimate of drug-likeness (QED) is 0.849. The van der Waals surface area contributed by atoms with Gasteiger partial charge in [-0.1, -0.05) is 36.4 Å². The molecule has 25 heavy (non-hydrogen) atoms. The summed E-state index contributed by atoms with van der Waals surface area (Å²) < 4.78 is 5.27. The summed E-state index contributed by atoms with van der Waals surface area (Å²) in [5.41, 5.74) is 7.71. The fraction of sp³-hybridized carbons (Fsp3) is 0.350. The van der Waals surface area contributed by atoms with Crippen molar-refractivity contribution in [3.63, 3.8) is 0 Å². The second-order valence-corrected chi connectivity index (χ2v) is 6.40. The third kappa shape index (κ3) is 4.31. The van der Waals surface area contributed by atoms with Crippen LogP contribution in [0.15, 0.2) is 54.6 Å². The van der Waals surface area contributed by atoms with Gasteiger partial charge in [0.05, 0.1) is 7.11 Å². The van der Waals surface area contributed by atoms with Crippen LogP contribution in [0.3, 0.4) is 0 Å². The third-order valence-corrected chi connectivity index (χ3v) is 4.72. The first kappa shape index (κ1) is 17.3. The fourth-order valence-electron chi connectivity index (χ4n) is 3.44. The molecule has 0 saturated carbocycles. The first-order valence-corrected chi connectivity index (χ1v) is 8.66. The second-order valence-electron chi connectivity index (χ2n) is 6.40. The Hall–Kier alpha value is -2.53. The van der Waals surface area contributed by atoms with Gasteiger partial charge in [0.2, 0.25) is 5.91 Å². The van der Waals surface area contributed by atoms with Gasteiger partial charge in [0.25, 0.3) is 0 Å². The SMILES string of the molecule is COc1cccc(NC2CCN([C@@H](C(N)=O)c3ccccc3)CC2)c1. The highest BCUT2D eigenvalue weighted by Crippen LogP contribution is 2.26. The van der Waals surface area contributed by atoms with E-state index in [4.69, 9.17) is 10.5 Å². The summed E-state index contributed by atoms with van der Waals surface area (Å²) in [5, 5.41) is 3.56. The molecule has 1 fully saturated rings. The van der Waals surface area contributed by atoms with Crippen LogP contribution < -0.4 is 15.8 Å². The average molecular weight is 339 g/mol. The number of benzene rings is 2. The number of carbonyl (C=O) groups is 1. The lowest BCUT2D eigenvalue weighted by Crippen LogP contribution is -2.45. The standard InChI is InChI=1S/C20H25N3O2/c1-25-18-9-5-8-17(14-18)22-16-10-12-23(13-11-16)19(20(21)24)15-6-3-2-4-7-15/h2-9,14,16,19,22H,10-13H2,1H3,(H2,21,24)/t19-/m1/s1. The smallest absolute Gasteiger partial charge is 0.239 e. The number of anilines is 1. The van der Waals surface area contributed by atoms with E-state index in [1.165, 1.54) is 0 Å². The molecule has 1 saturated heterocycles. The van der Waals surface area contributed by atoms with E-state index in [1.54, 1.807) is 7.11 Å². The lowest BCUT2D eigenvalue weighted by molar-refractivity contribution is -0.123. The van der Waals surface area contributed by atoms with E-state index in [2.05, 4.69) is 10.2 Å². The fourth-order valence-corrected chi connectivity index (χ4v) is 3.44.